The highest BCUT2D eigenvalue weighted by molar-refractivity contribution is 8.00. The number of nitrogens with zero attached hydrogens (tertiary/aromatic N) is 1. The fourth-order valence-corrected chi connectivity index (χ4v) is 3.51. The Morgan fingerprint density at radius 1 is 1.25 bits per heavy atom. The Bertz CT molecular complexity index is 544. The van der Waals surface area contributed by atoms with E-state index >= 15 is 0 Å². The molecule has 5 heteroatoms. The van der Waals surface area contributed by atoms with Crippen LogP contribution in [0.3, 0.4) is 0 Å². The van der Waals surface area contributed by atoms with E-state index in [0.29, 0.717) is 17.4 Å². The predicted octanol–water partition coefficient (Wildman–Crippen LogP) is 2.66. The third-order valence-electron chi connectivity index (χ3n) is 3.72. The number of benzene rings is 1. The lowest BCUT2D eigenvalue weighted by atomic mass is 10.0. The molecule has 0 bridgehead atoms. The zero-order chi connectivity index (χ0) is 14.9. The number of hydrogen-bond donors (Lipinski definition) is 1. The zero-order valence-corrected chi connectivity index (χ0v) is 12.7. The molecule has 1 fully saturated rings. The number of thioether (sulfide) groups is 1. The van der Waals surface area contributed by atoms with Gasteiger partial charge in [-0.2, -0.15) is 11.8 Å². The summed E-state index contributed by atoms with van der Waals surface area (Å²) in [5, 5.41) is 9.49. The number of carbonyl (C=O) groups is 2. The van der Waals surface area contributed by atoms with Gasteiger partial charge in [-0.3, -0.25) is 4.79 Å². The van der Waals surface area contributed by atoms with Gasteiger partial charge in [-0.1, -0.05) is 6.92 Å². The number of rotatable bonds is 2. The monoisotopic (exact) mass is 293 g/mol. The van der Waals surface area contributed by atoms with Crippen molar-refractivity contribution >= 4 is 23.6 Å². The van der Waals surface area contributed by atoms with Gasteiger partial charge in [0, 0.05) is 29.2 Å². The Balaban J connectivity index is 2.31. The average molecular weight is 293 g/mol. The van der Waals surface area contributed by atoms with Gasteiger partial charge in [0.1, 0.15) is 0 Å². The summed E-state index contributed by atoms with van der Waals surface area (Å²) < 4.78 is 0. The SMILES string of the molecule is Cc1cc(C(=O)O)cc(C(=O)N2CCSC(C)C2C)c1. The van der Waals surface area contributed by atoms with Crippen LogP contribution in [-0.4, -0.2) is 45.5 Å². The van der Waals surface area contributed by atoms with Gasteiger partial charge in [-0.15, -0.1) is 0 Å². The van der Waals surface area contributed by atoms with Crippen LogP contribution in [0.15, 0.2) is 18.2 Å². The van der Waals surface area contributed by atoms with Gasteiger partial charge in [0.15, 0.2) is 0 Å². The summed E-state index contributed by atoms with van der Waals surface area (Å²) in [6.07, 6.45) is 0. The highest BCUT2D eigenvalue weighted by Crippen LogP contribution is 2.26. The zero-order valence-electron chi connectivity index (χ0n) is 11.9. The van der Waals surface area contributed by atoms with E-state index in [-0.39, 0.29) is 17.5 Å². The minimum atomic E-state index is -1.00. The molecule has 0 spiro atoms. The van der Waals surface area contributed by atoms with Gasteiger partial charge in [-0.25, -0.2) is 4.79 Å². The molecule has 0 aliphatic carbocycles. The number of aromatic carboxylic acids is 1. The largest absolute Gasteiger partial charge is 0.478 e. The van der Waals surface area contributed by atoms with Crippen molar-refractivity contribution in [1.82, 2.24) is 4.90 Å². The summed E-state index contributed by atoms with van der Waals surface area (Å²) in [4.78, 5) is 25.5. The van der Waals surface area contributed by atoms with E-state index in [0.717, 1.165) is 11.3 Å². The third-order valence-corrected chi connectivity index (χ3v) is 5.05. The summed E-state index contributed by atoms with van der Waals surface area (Å²) in [7, 11) is 0. The second kappa shape index (κ2) is 5.87. The van der Waals surface area contributed by atoms with Crippen molar-refractivity contribution in [3.05, 3.63) is 34.9 Å². The maximum Gasteiger partial charge on any atom is 0.335 e. The Kier molecular flexibility index (Phi) is 4.38. The quantitative estimate of drug-likeness (QED) is 0.910. The predicted molar refractivity (Wildman–Crippen MR) is 80.6 cm³/mol. The minimum Gasteiger partial charge on any atom is -0.478 e. The normalized spacial score (nSPS) is 22.6. The molecule has 108 valence electrons. The van der Waals surface area contributed by atoms with E-state index in [1.807, 2.05) is 23.6 Å². The first-order chi connectivity index (χ1) is 9.40. The standard InChI is InChI=1S/C15H19NO3S/c1-9-6-12(8-13(7-9)15(18)19)14(17)16-4-5-20-11(3)10(16)2/h6-8,10-11H,4-5H2,1-3H3,(H,18,19). The van der Waals surface area contributed by atoms with Crippen LogP contribution in [-0.2, 0) is 0 Å². The summed E-state index contributed by atoms with van der Waals surface area (Å²) in [6.45, 7) is 6.68. The maximum absolute atomic E-state index is 12.6. The molecule has 2 rings (SSSR count). The lowest BCUT2D eigenvalue weighted by molar-refractivity contribution is 0.0696. The first-order valence-electron chi connectivity index (χ1n) is 6.67. The van der Waals surface area contributed by atoms with Crippen molar-refractivity contribution in [1.29, 1.82) is 0 Å². The molecule has 2 atom stereocenters. The van der Waals surface area contributed by atoms with Crippen molar-refractivity contribution in [2.45, 2.75) is 32.1 Å². The fourth-order valence-electron chi connectivity index (χ4n) is 2.42. The van der Waals surface area contributed by atoms with Gasteiger partial charge in [-0.05, 0) is 37.6 Å². The Labute approximate surface area is 123 Å². The van der Waals surface area contributed by atoms with Gasteiger partial charge in [0.25, 0.3) is 5.91 Å². The van der Waals surface area contributed by atoms with Crippen LogP contribution in [0, 0.1) is 6.92 Å². The minimum absolute atomic E-state index is 0.0733. The van der Waals surface area contributed by atoms with Crippen LogP contribution >= 0.6 is 11.8 Å². The molecule has 0 radical (unpaired) electrons. The molecule has 1 heterocycles. The Morgan fingerprint density at radius 3 is 2.55 bits per heavy atom. The molecule has 1 aliphatic heterocycles. The Hall–Kier alpha value is -1.49. The number of carboxylic acid groups (broad SMARTS) is 1. The first kappa shape index (κ1) is 14.9. The van der Waals surface area contributed by atoms with Crippen molar-refractivity contribution < 1.29 is 14.7 Å². The third kappa shape index (κ3) is 2.98. The maximum atomic E-state index is 12.6. The molecule has 0 saturated carbocycles. The number of aryl methyl sites for hydroxylation is 1. The lowest BCUT2D eigenvalue weighted by Crippen LogP contribution is -2.48. The van der Waals surface area contributed by atoms with Crippen LogP contribution < -0.4 is 0 Å². The second-order valence-corrected chi connectivity index (χ2v) is 6.69. The van der Waals surface area contributed by atoms with Crippen molar-refractivity contribution in [2.75, 3.05) is 12.3 Å². The summed E-state index contributed by atoms with van der Waals surface area (Å²) in [6, 6.07) is 4.97. The van der Waals surface area contributed by atoms with Crippen LogP contribution in [0.1, 0.15) is 40.1 Å². The van der Waals surface area contributed by atoms with Gasteiger partial charge < -0.3 is 10.0 Å². The number of amides is 1. The van der Waals surface area contributed by atoms with Crippen LogP contribution in [0.2, 0.25) is 0 Å². The van der Waals surface area contributed by atoms with E-state index in [1.54, 1.807) is 19.1 Å². The molecule has 1 amide bonds. The first-order valence-corrected chi connectivity index (χ1v) is 7.72. The van der Waals surface area contributed by atoms with Crippen molar-refractivity contribution in [3.8, 4) is 0 Å². The van der Waals surface area contributed by atoms with E-state index in [4.69, 9.17) is 5.11 Å². The highest BCUT2D eigenvalue weighted by Gasteiger charge is 2.29. The molecular formula is C15H19NO3S. The molecule has 1 N–H and O–H groups in total. The Morgan fingerprint density at radius 2 is 1.90 bits per heavy atom. The fraction of sp³-hybridized carbons (Fsp3) is 0.467. The molecule has 1 aromatic carbocycles. The molecule has 4 nitrogen and oxygen atoms in total. The molecule has 20 heavy (non-hydrogen) atoms. The molecule has 2 unspecified atom stereocenters. The summed E-state index contributed by atoms with van der Waals surface area (Å²) in [5.41, 5.74) is 1.43. The van der Waals surface area contributed by atoms with E-state index in [1.165, 1.54) is 6.07 Å². The van der Waals surface area contributed by atoms with Crippen molar-refractivity contribution in [3.63, 3.8) is 0 Å². The van der Waals surface area contributed by atoms with Crippen LogP contribution in [0.4, 0.5) is 0 Å². The molecule has 1 aliphatic rings. The van der Waals surface area contributed by atoms with Crippen LogP contribution in [0.25, 0.3) is 0 Å². The van der Waals surface area contributed by atoms with Crippen LogP contribution in [0.5, 0.6) is 0 Å². The van der Waals surface area contributed by atoms with Gasteiger partial charge in [0.2, 0.25) is 0 Å². The van der Waals surface area contributed by atoms with E-state index in [2.05, 4.69) is 6.92 Å². The van der Waals surface area contributed by atoms with Gasteiger partial charge in [0.05, 0.1) is 5.56 Å². The second-order valence-electron chi connectivity index (χ2n) is 5.21. The van der Waals surface area contributed by atoms with Crippen molar-refractivity contribution in [2.24, 2.45) is 0 Å². The molecular weight excluding hydrogens is 274 g/mol. The van der Waals surface area contributed by atoms with Gasteiger partial charge >= 0.3 is 5.97 Å². The van der Waals surface area contributed by atoms with E-state index in [9.17, 15) is 9.59 Å². The molecule has 1 saturated heterocycles. The summed E-state index contributed by atoms with van der Waals surface area (Å²) >= 11 is 1.87. The number of carboxylic acids is 1. The average Bonchev–Trinajstić information content (AvgIpc) is 2.40. The number of hydrogen-bond acceptors (Lipinski definition) is 3. The smallest absolute Gasteiger partial charge is 0.335 e. The lowest BCUT2D eigenvalue weighted by Gasteiger charge is -2.37. The highest BCUT2D eigenvalue weighted by atomic mass is 32.2. The van der Waals surface area contributed by atoms with E-state index < -0.39 is 5.97 Å². The molecule has 1 aromatic rings. The topological polar surface area (TPSA) is 57.6 Å². The molecule has 0 aromatic heterocycles. The summed E-state index contributed by atoms with van der Waals surface area (Å²) in [5.74, 6) is -0.149. The number of carbonyl (C=O) groups excluding carboxylic acids is 1.